The smallest absolute Gasteiger partial charge is 0.161 e. The number of hydrogen-bond donors (Lipinski definition) is 0. The molecule has 0 N–H and O–H groups in total. The molecule has 2 heterocycles. The Morgan fingerprint density at radius 2 is 1.84 bits per heavy atom. The van der Waals surface area contributed by atoms with E-state index in [2.05, 4.69) is 15.0 Å². The highest BCUT2D eigenvalue weighted by Crippen LogP contribution is 2.22. The predicted molar refractivity (Wildman–Crippen MR) is 67.4 cm³/mol. The molecule has 0 aliphatic rings. The van der Waals surface area contributed by atoms with Crippen LogP contribution in [0.15, 0.2) is 42.7 Å². The van der Waals surface area contributed by atoms with Crippen molar-refractivity contribution in [2.24, 2.45) is 0 Å². The summed E-state index contributed by atoms with van der Waals surface area (Å²) in [6.07, 6.45) is 3.22. The molecule has 1 aromatic carbocycles. The molecule has 0 aliphatic heterocycles. The molecule has 4 nitrogen and oxygen atoms in total. The van der Waals surface area contributed by atoms with Gasteiger partial charge in [-0.15, -0.1) is 0 Å². The van der Waals surface area contributed by atoms with Crippen molar-refractivity contribution in [1.29, 1.82) is 5.26 Å². The third kappa shape index (κ3) is 1.89. The zero-order valence-corrected chi connectivity index (χ0v) is 9.71. The summed E-state index contributed by atoms with van der Waals surface area (Å²) in [4.78, 5) is 12.3. The molecule has 0 bridgehead atoms. The maximum atomic E-state index is 13.7. The minimum absolute atomic E-state index is 0.0370. The fourth-order valence-corrected chi connectivity index (χ4v) is 1.85. The van der Waals surface area contributed by atoms with Crippen LogP contribution in [0.1, 0.15) is 5.69 Å². The van der Waals surface area contributed by atoms with E-state index in [1.165, 1.54) is 6.07 Å². The van der Waals surface area contributed by atoms with Crippen molar-refractivity contribution in [2.75, 3.05) is 0 Å². The molecule has 90 valence electrons. The SMILES string of the molecule is N#Cc1nc(-c2ccncc2)nc2cccc(F)c12. The van der Waals surface area contributed by atoms with Crippen LogP contribution in [0.25, 0.3) is 22.3 Å². The zero-order chi connectivity index (χ0) is 13.2. The topological polar surface area (TPSA) is 62.5 Å². The molecule has 0 unspecified atom stereocenters. The molecule has 0 saturated heterocycles. The first kappa shape index (κ1) is 11.2. The largest absolute Gasteiger partial charge is 0.265 e. The number of nitriles is 1. The second kappa shape index (κ2) is 4.42. The molecule has 0 aliphatic carbocycles. The zero-order valence-electron chi connectivity index (χ0n) is 9.71. The number of fused-ring (bicyclic) bond motifs is 1. The summed E-state index contributed by atoms with van der Waals surface area (Å²) in [5.74, 6) is -0.104. The van der Waals surface area contributed by atoms with Crippen molar-refractivity contribution in [3.8, 4) is 17.5 Å². The van der Waals surface area contributed by atoms with Crippen LogP contribution < -0.4 is 0 Å². The molecule has 0 atom stereocenters. The average molecular weight is 250 g/mol. The van der Waals surface area contributed by atoms with Gasteiger partial charge in [0.15, 0.2) is 11.5 Å². The van der Waals surface area contributed by atoms with Crippen molar-refractivity contribution < 1.29 is 4.39 Å². The minimum atomic E-state index is -0.490. The molecule has 3 rings (SSSR count). The Kier molecular flexibility index (Phi) is 2.62. The highest BCUT2D eigenvalue weighted by atomic mass is 19.1. The van der Waals surface area contributed by atoms with Crippen LogP contribution in [0.5, 0.6) is 0 Å². The number of hydrogen-bond acceptors (Lipinski definition) is 4. The Morgan fingerprint density at radius 1 is 1.05 bits per heavy atom. The molecule has 0 radical (unpaired) electrons. The summed E-state index contributed by atoms with van der Waals surface area (Å²) in [7, 11) is 0. The second-order valence-corrected chi connectivity index (χ2v) is 3.88. The van der Waals surface area contributed by atoms with Crippen LogP contribution >= 0.6 is 0 Å². The summed E-state index contributed by atoms with van der Waals surface area (Å²) < 4.78 is 13.7. The highest BCUT2D eigenvalue weighted by Gasteiger charge is 2.12. The fraction of sp³-hybridized carbons (Fsp3) is 0. The van der Waals surface area contributed by atoms with Gasteiger partial charge in [0.25, 0.3) is 0 Å². The van der Waals surface area contributed by atoms with E-state index in [-0.39, 0.29) is 11.1 Å². The molecule has 0 fully saturated rings. The Hall–Kier alpha value is -2.87. The third-order valence-corrected chi connectivity index (χ3v) is 2.72. The standard InChI is InChI=1S/C14H7FN4/c15-10-2-1-3-11-13(10)12(8-16)19-14(18-11)9-4-6-17-7-5-9/h1-7H. The molecule has 2 aromatic heterocycles. The van der Waals surface area contributed by atoms with Gasteiger partial charge in [0.1, 0.15) is 11.9 Å². The summed E-state index contributed by atoms with van der Waals surface area (Å²) in [5.41, 5.74) is 1.19. The first-order valence-electron chi connectivity index (χ1n) is 5.56. The van der Waals surface area contributed by atoms with Crippen LogP contribution in [0.2, 0.25) is 0 Å². The number of rotatable bonds is 1. The van der Waals surface area contributed by atoms with Gasteiger partial charge in [-0.05, 0) is 24.3 Å². The van der Waals surface area contributed by atoms with Gasteiger partial charge in [0, 0.05) is 18.0 Å². The van der Waals surface area contributed by atoms with Gasteiger partial charge in [-0.1, -0.05) is 6.07 Å². The van der Waals surface area contributed by atoms with Crippen molar-refractivity contribution in [2.45, 2.75) is 0 Å². The van der Waals surface area contributed by atoms with E-state index in [9.17, 15) is 4.39 Å². The fourth-order valence-electron chi connectivity index (χ4n) is 1.85. The van der Waals surface area contributed by atoms with Crippen LogP contribution in [-0.2, 0) is 0 Å². The number of aromatic nitrogens is 3. The molecular formula is C14H7FN4. The van der Waals surface area contributed by atoms with Gasteiger partial charge < -0.3 is 0 Å². The van der Waals surface area contributed by atoms with E-state index >= 15 is 0 Å². The maximum Gasteiger partial charge on any atom is 0.161 e. The van der Waals surface area contributed by atoms with Gasteiger partial charge in [-0.3, -0.25) is 4.98 Å². The molecule has 19 heavy (non-hydrogen) atoms. The number of nitrogens with zero attached hydrogens (tertiary/aromatic N) is 4. The molecular weight excluding hydrogens is 243 g/mol. The van der Waals surface area contributed by atoms with Crippen LogP contribution in [0, 0.1) is 17.1 Å². The normalized spacial score (nSPS) is 10.3. The molecule has 0 amide bonds. The monoisotopic (exact) mass is 250 g/mol. The van der Waals surface area contributed by atoms with E-state index in [1.807, 2.05) is 6.07 Å². The van der Waals surface area contributed by atoms with Crippen molar-refractivity contribution in [3.05, 3.63) is 54.2 Å². The van der Waals surface area contributed by atoms with Crippen LogP contribution in [-0.4, -0.2) is 15.0 Å². The summed E-state index contributed by atoms with van der Waals surface area (Å²) >= 11 is 0. The summed E-state index contributed by atoms with van der Waals surface area (Å²) in [5, 5.41) is 9.27. The second-order valence-electron chi connectivity index (χ2n) is 3.88. The lowest BCUT2D eigenvalue weighted by Crippen LogP contribution is -1.97. The van der Waals surface area contributed by atoms with Gasteiger partial charge in [0.05, 0.1) is 10.9 Å². The van der Waals surface area contributed by atoms with Gasteiger partial charge in [-0.2, -0.15) is 5.26 Å². The molecule has 3 aromatic rings. The Balaban J connectivity index is 2.34. The van der Waals surface area contributed by atoms with Crippen molar-refractivity contribution >= 4 is 10.9 Å². The Morgan fingerprint density at radius 3 is 2.58 bits per heavy atom. The van der Waals surface area contributed by atoms with E-state index in [1.54, 1.807) is 36.7 Å². The lowest BCUT2D eigenvalue weighted by molar-refractivity contribution is 0.639. The Labute approximate surface area is 108 Å². The van der Waals surface area contributed by atoms with E-state index in [0.717, 1.165) is 5.56 Å². The van der Waals surface area contributed by atoms with Gasteiger partial charge >= 0.3 is 0 Å². The third-order valence-electron chi connectivity index (χ3n) is 2.72. The molecule has 5 heteroatoms. The first-order valence-corrected chi connectivity index (χ1v) is 5.56. The van der Waals surface area contributed by atoms with Crippen molar-refractivity contribution in [3.63, 3.8) is 0 Å². The van der Waals surface area contributed by atoms with Gasteiger partial charge in [-0.25, -0.2) is 14.4 Å². The number of halogens is 1. The quantitative estimate of drug-likeness (QED) is 0.666. The van der Waals surface area contributed by atoms with Crippen molar-refractivity contribution in [1.82, 2.24) is 15.0 Å². The van der Waals surface area contributed by atoms with E-state index < -0.39 is 5.82 Å². The predicted octanol–water partition coefficient (Wildman–Crippen LogP) is 2.70. The van der Waals surface area contributed by atoms with E-state index in [0.29, 0.717) is 11.3 Å². The van der Waals surface area contributed by atoms with Gasteiger partial charge in [0.2, 0.25) is 0 Å². The molecule has 0 saturated carbocycles. The lowest BCUT2D eigenvalue weighted by Gasteiger charge is -2.04. The van der Waals surface area contributed by atoms with E-state index in [4.69, 9.17) is 5.26 Å². The minimum Gasteiger partial charge on any atom is -0.265 e. The highest BCUT2D eigenvalue weighted by molar-refractivity contribution is 5.85. The number of pyridine rings is 1. The maximum absolute atomic E-state index is 13.7. The van der Waals surface area contributed by atoms with Crippen LogP contribution in [0.3, 0.4) is 0 Å². The first-order chi connectivity index (χ1) is 9.29. The number of benzene rings is 1. The molecule has 0 spiro atoms. The average Bonchev–Trinajstić information content (AvgIpc) is 2.47. The summed E-state index contributed by atoms with van der Waals surface area (Å²) in [6.45, 7) is 0. The lowest BCUT2D eigenvalue weighted by atomic mass is 10.1. The Bertz CT molecular complexity index is 794. The van der Waals surface area contributed by atoms with Crippen LogP contribution in [0.4, 0.5) is 4.39 Å². The summed E-state index contributed by atoms with van der Waals surface area (Å²) in [6, 6.07) is 9.90.